The fraction of sp³-hybridized carbons (Fsp3) is 0.543. The predicted molar refractivity (Wildman–Crippen MR) is 175 cm³/mol. The van der Waals surface area contributed by atoms with Crippen LogP contribution in [-0.2, 0) is 16.6 Å². The summed E-state index contributed by atoms with van der Waals surface area (Å²) in [7, 11) is -3.72. The largest absolute Gasteiger partial charge is 0.489 e. The van der Waals surface area contributed by atoms with Crippen molar-refractivity contribution in [3.05, 3.63) is 60.2 Å². The molecule has 0 aliphatic carbocycles. The predicted octanol–water partition coefficient (Wildman–Crippen LogP) is 6.59. The molecule has 234 valence electrons. The van der Waals surface area contributed by atoms with E-state index >= 15 is 0 Å². The van der Waals surface area contributed by atoms with Gasteiger partial charge in [-0.05, 0) is 49.1 Å². The van der Waals surface area contributed by atoms with E-state index in [1.54, 1.807) is 0 Å². The van der Waals surface area contributed by atoms with E-state index in [1.807, 2.05) is 54.6 Å². The summed E-state index contributed by atoms with van der Waals surface area (Å²) in [5, 5.41) is 12.3. The second-order valence-electron chi connectivity index (χ2n) is 11.1. The van der Waals surface area contributed by atoms with Gasteiger partial charge >= 0.3 is 0 Å². The van der Waals surface area contributed by atoms with Crippen LogP contribution in [0.15, 0.2) is 54.6 Å². The number of hydroxylamine groups is 1. The van der Waals surface area contributed by atoms with Gasteiger partial charge in [-0.3, -0.25) is 0 Å². The van der Waals surface area contributed by atoms with E-state index < -0.39 is 16.1 Å². The lowest BCUT2D eigenvalue weighted by atomic mass is 9.94. The molecule has 2 N–H and O–H groups in total. The van der Waals surface area contributed by atoms with Crippen molar-refractivity contribution in [2.45, 2.75) is 90.7 Å². The molecular formula is C35H49N3O4S. The minimum Gasteiger partial charge on any atom is -0.489 e. The maximum absolute atomic E-state index is 13.2. The zero-order chi connectivity index (χ0) is 30.8. The van der Waals surface area contributed by atoms with E-state index in [0.29, 0.717) is 39.2 Å². The highest BCUT2D eigenvalue weighted by molar-refractivity contribution is 7.93. The number of hydrogen-bond acceptors (Lipinski definition) is 6. The molecule has 3 rings (SSSR count). The Labute approximate surface area is 260 Å². The van der Waals surface area contributed by atoms with Gasteiger partial charge in [-0.15, -0.1) is 5.92 Å². The first kappa shape index (κ1) is 34.5. The quantitative estimate of drug-likeness (QED) is 0.127. The van der Waals surface area contributed by atoms with E-state index in [-0.39, 0.29) is 5.92 Å². The molecule has 0 saturated carbocycles. The number of rotatable bonds is 16. The van der Waals surface area contributed by atoms with E-state index in [9.17, 15) is 13.6 Å². The number of unbranched alkanes of at least 4 members (excludes halogenated alkanes) is 6. The van der Waals surface area contributed by atoms with Crippen molar-refractivity contribution >= 4 is 15.7 Å². The number of anilines is 1. The smallest absolute Gasteiger partial charge is 0.282 e. The van der Waals surface area contributed by atoms with Gasteiger partial charge in [0.15, 0.2) is 0 Å². The summed E-state index contributed by atoms with van der Waals surface area (Å²) >= 11 is 0. The average molecular weight is 608 g/mol. The number of nitrogens with one attached hydrogen (secondary N) is 1. The third-order valence-electron chi connectivity index (χ3n) is 7.68. The van der Waals surface area contributed by atoms with Gasteiger partial charge in [0.05, 0.1) is 6.04 Å². The molecule has 43 heavy (non-hydrogen) atoms. The molecule has 0 spiro atoms. The van der Waals surface area contributed by atoms with Crippen molar-refractivity contribution in [1.82, 2.24) is 9.79 Å². The second kappa shape index (κ2) is 19.3. The standard InChI is InChI=1S/C35H49N3O4S/c1-3-5-7-9-14-18-33(36-39)29-31(15-11-8-6-4-2)23-28-43(40,41)38-26-24-37(25-27-38)34-19-21-35(22-20-34)42-30-32-16-12-10-13-17-32/h10,12-13,16-17,19-22,31,33,36,39H,3-9,11,15,24-27,29-30H2,1-2H3. The molecule has 0 amide bonds. The van der Waals surface area contributed by atoms with Gasteiger partial charge in [0.1, 0.15) is 12.4 Å². The van der Waals surface area contributed by atoms with Gasteiger partial charge in [-0.1, -0.05) is 94.5 Å². The lowest BCUT2D eigenvalue weighted by Gasteiger charge is -2.34. The Morgan fingerprint density at radius 2 is 1.58 bits per heavy atom. The molecular weight excluding hydrogens is 558 g/mol. The summed E-state index contributed by atoms with van der Waals surface area (Å²) in [6, 6.07) is 17.6. The molecule has 1 heterocycles. The Hall–Kier alpha value is -3.01. The zero-order valence-corrected chi connectivity index (χ0v) is 26.7. The van der Waals surface area contributed by atoms with Crippen molar-refractivity contribution in [3.8, 4) is 28.8 Å². The number of sulfonamides is 1. The molecule has 7 nitrogen and oxygen atoms in total. The first-order chi connectivity index (χ1) is 20.9. The summed E-state index contributed by atoms with van der Waals surface area (Å²) < 4.78 is 33.8. The molecule has 0 radical (unpaired) electrons. The summed E-state index contributed by atoms with van der Waals surface area (Å²) in [5.41, 5.74) is 4.47. The Bertz CT molecular complexity index is 1290. The lowest BCUT2D eigenvalue weighted by Crippen LogP contribution is -2.48. The number of hydrogen-bond donors (Lipinski definition) is 2. The first-order valence-electron chi connectivity index (χ1n) is 15.9. The minimum absolute atomic E-state index is 0.162. The van der Waals surface area contributed by atoms with Crippen molar-refractivity contribution in [3.63, 3.8) is 0 Å². The van der Waals surface area contributed by atoms with Crippen LogP contribution in [0.5, 0.6) is 5.75 Å². The second-order valence-corrected chi connectivity index (χ2v) is 12.8. The Kier molecular flexibility index (Phi) is 15.5. The fourth-order valence-corrected chi connectivity index (χ4v) is 6.15. The average Bonchev–Trinajstić information content (AvgIpc) is 3.04. The third-order valence-corrected chi connectivity index (χ3v) is 9.11. The topological polar surface area (TPSA) is 82.1 Å². The van der Waals surface area contributed by atoms with Gasteiger partial charge in [-0.2, -0.15) is 18.2 Å². The number of nitrogens with zero attached hydrogens (tertiary/aromatic N) is 2. The van der Waals surface area contributed by atoms with Crippen molar-refractivity contribution in [1.29, 1.82) is 0 Å². The van der Waals surface area contributed by atoms with Crippen LogP contribution in [0.3, 0.4) is 0 Å². The highest BCUT2D eigenvalue weighted by Crippen LogP contribution is 2.23. The monoisotopic (exact) mass is 607 g/mol. The normalized spacial score (nSPS) is 15.1. The molecule has 8 heteroatoms. The highest BCUT2D eigenvalue weighted by atomic mass is 32.2. The van der Waals surface area contributed by atoms with Gasteiger partial charge in [0.25, 0.3) is 10.0 Å². The maximum atomic E-state index is 13.2. The number of ether oxygens (including phenoxy) is 1. The highest BCUT2D eigenvalue weighted by Gasteiger charge is 2.26. The van der Waals surface area contributed by atoms with Crippen LogP contribution in [0.2, 0.25) is 0 Å². The number of benzene rings is 2. The molecule has 1 saturated heterocycles. The first-order valence-corrected chi connectivity index (χ1v) is 17.3. The molecule has 2 aromatic rings. The molecule has 1 aliphatic rings. The van der Waals surface area contributed by atoms with Gasteiger partial charge < -0.3 is 14.8 Å². The third kappa shape index (κ3) is 12.6. The van der Waals surface area contributed by atoms with Gasteiger partial charge in [0, 0.05) is 49.5 Å². The van der Waals surface area contributed by atoms with Crippen LogP contribution in [-0.4, -0.2) is 50.2 Å². The zero-order valence-electron chi connectivity index (χ0n) is 25.9. The molecule has 0 aromatic heterocycles. The van der Waals surface area contributed by atoms with Crippen LogP contribution < -0.4 is 15.1 Å². The van der Waals surface area contributed by atoms with Crippen LogP contribution in [0.25, 0.3) is 0 Å². The molecule has 1 fully saturated rings. The molecule has 0 bridgehead atoms. The van der Waals surface area contributed by atoms with Crippen molar-refractivity contribution < 1.29 is 18.4 Å². The minimum atomic E-state index is -3.72. The molecule has 2 unspecified atom stereocenters. The van der Waals surface area contributed by atoms with Crippen LogP contribution in [0.1, 0.15) is 83.6 Å². The summed E-state index contributed by atoms with van der Waals surface area (Å²) in [6.07, 6.45) is 9.74. The van der Waals surface area contributed by atoms with Gasteiger partial charge in [-0.25, -0.2) is 0 Å². The van der Waals surface area contributed by atoms with E-state index in [2.05, 4.69) is 47.2 Å². The Morgan fingerprint density at radius 1 is 0.884 bits per heavy atom. The summed E-state index contributed by atoms with van der Waals surface area (Å²) in [6.45, 7) is 6.79. The van der Waals surface area contributed by atoms with Crippen molar-refractivity contribution in [2.75, 3.05) is 31.1 Å². The van der Waals surface area contributed by atoms with E-state index in [0.717, 1.165) is 74.8 Å². The van der Waals surface area contributed by atoms with Crippen LogP contribution >= 0.6 is 0 Å². The Balaban J connectivity index is 1.55. The van der Waals surface area contributed by atoms with E-state index in [1.165, 1.54) is 4.31 Å². The van der Waals surface area contributed by atoms with E-state index in [4.69, 9.17) is 4.74 Å². The molecule has 1 aliphatic heterocycles. The van der Waals surface area contributed by atoms with Crippen LogP contribution in [0, 0.1) is 28.9 Å². The summed E-state index contributed by atoms with van der Waals surface area (Å²) in [5.74, 6) is 9.95. The van der Waals surface area contributed by atoms with Crippen LogP contribution in [0.4, 0.5) is 5.69 Å². The SMILES string of the molecule is CCCCCC#CC(CC(C#CS(=O)(=O)N1CCN(c2ccc(OCc3ccccc3)cc2)CC1)CCCCCC)NO. The number of piperazine rings is 1. The molecule has 2 aromatic carbocycles. The Morgan fingerprint density at radius 3 is 2.26 bits per heavy atom. The van der Waals surface area contributed by atoms with Gasteiger partial charge in [0.2, 0.25) is 0 Å². The summed E-state index contributed by atoms with van der Waals surface area (Å²) in [4.78, 5) is 2.19. The fourth-order valence-electron chi connectivity index (χ4n) is 5.06. The lowest BCUT2D eigenvalue weighted by molar-refractivity contribution is 0.138. The maximum Gasteiger partial charge on any atom is 0.282 e. The van der Waals surface area contributed by atoms with Crippen molar-refractivity contribution in [2.24, 2.45) is 5.92 Å². The molecule has 2 atom stereocenters.